The molecule has 0 amide bonds. The Morgan fingerprint density at radius 2 is 2.25 bits per heavy atom. The molecule has 0 saturated carbocycles. The predicted octanol–water partition coefficient (Wildman–Crippen LogP) is 3.04. The van der Waals surface area contributed by atoms with Gasteiger partial charge in [0.2, 0.25) is 0 Å². The van der Waals surface area contributed by atoms with Gasteiger partial charge in [-0.15, -0.1) is 0 Å². The lowest BCUT2D eigenvalue weighted by atomic mass is 9.91. The summed E-state index contributed by atoms with van der Waals surface area (Å²) in [6.07, 6.45) is 2.58. The molecule has 16 heavy (non-hydrogen) atoms. The van der Waals surface area contributed by atoms with Crippen molar-refractivity contribution in [3.63, 3.8) is 0 Å². The van der Waals surface area contributed by atoms with Crippen LogP contribution in [0, 0.1) is 16.7 Å². The second-order valence-electron chi connectivity index (χ2n) is 4.69. The molecule has 0 bridgehead atoms. The Balaban J connectivity index is 2.42. The minimum Gasteiger partial charge on any atom is -0.468 e. The van der Waals surface area contributed by atoms with E-state index in [1.54, 1.807) is 6.26 Å². The van der Waals surface area contributed by atoms with E-state index in [9.17, 15) is 0 Å². The average Bonchev–Trinajstić information content (AvgIpc) is 2.77. The fourth-order valence-electron chi connectivity index (χ4n) is 1.47. The third-order valence-electron chi connectivity index (χ3n) is 2.76. The summed E-state index contributed by atoms with van der Waals surface area (Å²) in [6.45, 7) is 8.81. The Kier molecular flexibility index (Phi) is 4.57. The standard InChI is InChI=1S/C13H20N2O/c1-4-15(8-7-13(2,3)11-14)10-12-6-5-9-16-12/h5-6,9H,4,7-8,10H2,1-3H3. The first-order valence-electron chi connectivity index (χ1n) is 5.73. The van der Waals surface area contributed by atoms with E-state index in [1.165, 1.54) is 0 Å². The van der Waals surface area contributed by atoms with E-state index >= 15 is 0 Å². The van der Waals surface area contributed by atoms with Gasteiger partial charge in [-0.2, -0.15) is 5.26 Å². The van der Waals surface area contributed by atoms with E-state index in [4.69, 9.17) is 9.68 Å². The Morgan fingerprint density at radius 3 is 2.75 bits per heavy atom. The van der Waals surface area contributed by atoms with Gasteiger partial charge in [-0.25, -0.2) is 0 Å². The van der Waals surface area contributed by atoms with Crippen LogP contribution in [0.15, 0.2) is 22.8 Å². The molecule has 3 heteroatoms. The summed E-state index contributed by atoms with van der Waals surface area (Å²) >= 11 is 0. The van der Waals surface area contributed by atoms with Crippen molar-refractivity contribution < 1.29 is 4.42 Å². The molecule has 0 aliphatic heterocycles. The lowest BCUT2D eigenvalue weighted by Crippen LogP contribution is -2.27. The average molecular weight is 220 g/mol. The van der Waals surface area contributed by atoms with Crippen molar-refractivity contribution in [2.75, 3.05) is 13.1 Å². The van der Waals surface area contributed by atoms with E-state index in [-0.39, 0.29) is 5.41 Å². The van der Waals surface area contributed by atoms with E-state index in [2.05, 4.69) is 17.9 Å². The number of hydrogen-bond donors (Lipinski definition) is 0. The van der Waals surface area contributed by atoms with Crippen molar-refractivity contribution in [3.8, 4) is 6.07 Å². The first kappa shape index (κ1) is 12.8. The van der Waals surface area contributed by atoms with Gasteiger partial charge in [0.25, 0.3) is 0 Å². The van der Waals surface area contributed by atoms with E-state index < -0.39 is 0 Å². The Morgan fingerprint density at radius 1 is 1.50 bits per heavy atom. The van der Waals surface area contributed by atoms with Crippen LogP contribution in [-0.4, -0.2) is 18.0 Å². The Bertz CT molecular complexity index is 335. The fraction of sp³-hybridized carbons (Fsp3) is 0.615. The van der Waals surface area contributed by atoms with Crippen molar-refractivity contribution in [1.82, 2.24) is 4.90 Å². The summed E-state index contributed by atoms with van der Waals surface area (Å²) in [4.78, 5) is 2.29. The summed E-state index contributed by atoms with van der Waals surface area (Å²) in [6, 6.07) is 6.22. The zero-order valence-electron chi connectivity index (χ0n) is 10.4. The normalized spacial score (nSPS) is 11.7. The second-order valence-corrected chi connectivity index (χ2v) is 4.69. The van der Waals surface area contributed by atoms with Gasteiger partial charge < -0.3 is 4.42 Å². The monoisotopic (exact) mass is 220 g/mol. The molecule has 1 heterocycles. The number of furan rings is 1. The molecule has 0 aliphatic carbocycles. The van der Waals surface area contributed by atoms with Crippen molar-refractivity contribution in [2.45, 2.75) is 33.7 Å². The van der Waals surface area contributed by atoms with Crippen molar-refractivity contribution in [2.24, 2.45) is 5.41 Å². The van der Waals surface area contributed by atoms with Gasteiger partial charge in [0.05, 0.1) is 24.3 Å². The summed E-state index contributed by atoms with van der Waals surface area (Å²) in [7, 11) is 0. The number of rotatable bonds is 6. The molecule has 0 unspecified atom stereocenters. The first-order valence-corrected chi connectivity index (χ1v) is 5.73. The predicted molar refractivity (Wildman–Crippen MR) is 63.7 cm³/mol. The largest absolute Gasteiger partial charge is 0.468 e. The highest BCUT2D eigenvalue weighted by Gasteiger charge is 2.18. The summed E-state index contributed by atoms with van der Waals surface area (Å²) < 4.78 is 5.32. The van der Waals surface area contributed by atoms with Crippen LogP contribution in [0.3, 0.4) is 0 Å². The highest BCUT2D eigenvalue weighted by atomic mass is 16.3. The number of nitrogens with zero attached hydrogens (tertiary/aromatic N) is 2. The summed E-state index contributed by atoms with van der Waals surface area (Å²) in [5.74, 6) is 0.983. The van der Waals surface area contributed by atoms with Gasteiger partial charge in [0.15, 0.2) is 0 Å². The molecule has 1 aromatic heterocycles. The molecular formula is C13H20N2O. The first-order chi connectivity index (χ1) is 7.57. The lowest BCUT2D eigenvalue weighted by molar-refractivity contribution is 0.228. The number of nitriles is 1. The molecule has 1 aromatic rings. The molecule has 0 saturated heterocycles. The van der Waals surface area contributed by atoms with Crippen LogP contribution in [0.4, 0.5) is 0 Å². The lowest BCUT2D eigenvalue weighted by Gasteiger charge is -2.23. The maximum atomic E-state index is 8.95. The number of hydrogen-bond acceptors (Lipinski definition) is 3. The molecule has 0 aliphatic rings. The summed E-state index contributed by atoms with van der Waals surface area (Å²) in [5.41, 5.74) is -0.239. The molecule has 0 atom stereocenters. The molecule has 0 radical (unpaired) electrons. The zero-order valence-corrected chi connectivity index (χ0v) is 10.4. The summed E-state index contributed by atoms with van der Waals surface area (Å²) in [5, 5.41) is 8.95. The molecule has 0 N–H and O–H groups in total. The van der Waals surface area contributed by atoms with Crippen LogP contribution in [0.5, 0.6) is 0 Å². The van der Waals surface area contributed by atoms with Crippen LogP contribution in [0.2, 0.25) is 0 Å². The van der Waals surface area contributed by atoms with Gasteiger partial charge in [-0.3, -0.25) is 4.90 Å². The maximum absolute atomic E-state index is 8.95. The third kappa shape index (κ3) is 4.08. The maximum Gasteiger partial charge on any atom is 0.117 e. The van der Waals surface area contributed by atoms with E-state index in [0.717, 1.165) is 31.8 Å². The van der Waals surface area contributed by atoms with Crippen LogP contribution in [-0.2, 0) is 6.54 Å². The highest BCUT2D eigenvalue weighted by Crippen LogP contribution is 2.19. The fourth-order valence-corrected chi connectivity index (χ4v) is 1.47. The quantitative estimate of drug-likeness (QED) is 0.739. The van der Waals surface area contributed by atoms with Gasteiger partial charge in [0, 0.05) is 6.54 Å². The van der Waals surface area contributed by atoms with E-state index in [1.807, 2.05) is 26.0 Å². The topological polar surface area (TPSA) is 40.2 Å². The molecule has 0 spiro atoms. The molecule has 88 valence electrons. The Hall–Kier alpha value is -1.27. The van der Waals surface area contributed by atoms with Gasteiger partial charge in [-0.05, 0) is 38.9 Å². The smallest absolute Gasteiger partial charge is 0.117 e. The van der Waals surface area contributed by atoms with Crippen molar-refractivity contribution in [3.05, 3.63) is 24.2 Å². The van der Waals surface area contributed by atoms with Gasteiger partial charge >= 0.3 is 0 Å². The van der Waals surface area contributed by atoms with Crippen molar-refractivity contribution in [1.29, 1.82) is 5.26 Å². The van der Waals surface area contributed by atoms with Crippen LogP contribution in [0.1, 0.15) is 33.0 Å². The molecule has 0 aromatic carbocycles. The SMILES string of the molecule is CCN(CCC(C)(C)C#N)Cc1ccco1. The van der Waals surface area contributed by atoms with Gasteiger partial charge in [-0.1, -0.05) is 6.92 Å². The van der Waals surface area contributed by atoms with Crippen LogP contribution in [0.25, 0.3) is 0 Å². The molecule has 1 rings (SSSR count). The third-order valence-corrected chi connectivity index (χ3v) is 2.76. The van der Waals surface area contributed by atoms with Crippen LogP contribution < -0.4 is 0 Å². The van der Waals surface area contributed by atoms with Crippen LogP contribution >= 0.6 is 0 Å². The molecule has 0 fully saturated rings. The molecule has 3 nitrogen and oxygen atoms in total. The van der Waals surface area contributed by atoms with Gasteiger partial charge in [0.1, 0.15) is 5.76 Å². The minimum absolute atomic E-state index is 0.239. The minimum atomic E-state index is -0.239. The van der Waals surface area contributed by atoms with E-state index in [0.29, 0.717) is 0 Å². The zero-order chi connectivity index (χ0) is 12.0. The second kappa shape index (κ2) is 5.72. The van der Waals surface area contributed by atoms with Crippen molar-refractivity contribution >= 4 is 0 Å². The highest BCUT2D eigenvalue weighted by molar-refractivity contribution is 4.98. The molecular weight excluding hydrogens is 200 g/mol. The Labute approximate surface area is 97.7 Å².